The minimum Gasteiger partial charge on any atom is -0.381 e. The molecule has 2 heteroatoms. The van der Waals surface area contributed by atoms with E-state index in [2.05, 4.69) is 6.07 Å². The van der Waals surface area contributed by atoms with Gasteiger partial charge < -0.3 is 5.11 Å². The summed E-state index contributed by atoms with van der Waals surface area (Å²) in [5, 5.41) is 11.5. The van der Waals surface area contributed by atoms with Crippen LogP contribution in [0.1, 0.15) is 29.2 Å². The zero-order valence-electron chi connectivity index (χ0n) is 10.9. The zero-order chi connectivity index (χ0) is 13.3. The highest BCUT2D eigenvalue weighted by atomic mass is 35.5. The third-order valence-corrected chi connectivity index (χ3v) is 3.56. The van der Waals surface area contributed by atoms with Gasteiger partial charge in [-0.2, -0.15) is 0 Å². The van der Waals surface area contributed by atoms with Crippen molar-refractivity contribution in [2.75, 3.05) is 0 Å². The molecule has 1 atom stereocenters. The fraction of sp³-hybridized carbons (Fsp3) is 0.250. The summed E-state index contributed by atoms with van der Waals surface area (Å²) in [6.07, 6.45) is 0. The molecule has 1 nitrogen and oxygen atoms in total. The van der Waals surface area contributed by atoms with Gasteiger partial charge in [-0.25, -0.2) is 0 Å². The van der Waals surface area contributed by atoms with Crippen molar-refractivity contribution >= 4 is 11.6 Å². The summed E-state index contributed by atoms with van der Waals surface area (Å²) in [6.45, 7) is 5.88. The number of benzene rings is 2. The Balaban J connectivity index is 2.50. The van der Waals surface area contributed by atoms with Gasteiger partial charge in [0.25, 0.3) is 0 Å². The number of hydrogen-bond acceptors (Lipinski definition) is 1. The van der Waals surface area contributed by atoms with Crippen LogP contribution in [0.15, 0.2) is 42.5 Å². The van der Waals surface area contributed by atoms with Gasteiger partial charge in [-0.15, -0.1) is 0 Å². The summed E-state index contributed by atoms with van der Waals surface area (Å²) < 4.78 is 0. The van der Waals surface area contributed by atoms with Crippen LogP contribution in [0, 0.1) is 13.8 Å². The summed E-state index contributed by atoms with van der Waals surface area (Å²) in [5.41, 5.74) is 3.06. The van der Waals surface area contributed by atoms with Crippen LogP contribution >= 0.6 is 11.6 Å². The summed E-state index contributed by atoms with van der Waals surface area (Å²) in [7, 11) is 0. The highest BCUT2D eigenvalue weighted by Crippen LogP contribution is 2.32. The van der Waals surface area contributed by atoms with Crippen molar-refractivity contribution in [3.8, 4) is 0 Å². The van der Waals surface area contributed by atoms with Gasteiger partial charge in [-0.05, 0) is 49.6 Å². The van der Waals surface area contributed by atoms with Crippen molar-refractivity contribution in [1.29, 1.82) is 0 Å². The molecule has 2 rings (SSSR count). The van der Waals surface area contributed by atoms with Gasteiger partial charge in [-0.1, -0.05) is 47.5 Å². The number of hydrogen-bond donors (Lipinski definition) is 1. The van der Waals surface area contributed by atoms with Crippen LogP contribution in [0.3, 0.4) is 0 Å². The normalized spacial score (nSPS) is 14.3. The molecular formula is C16H17ClO. The Kier molecular flexibility index (Phi) is 3.47. The van der Waals surface area contributed by atoms with E-state index in [0.29, 0.717) is 5.02 Å². The smallest absolute Gasteiger partial charge is 0.112 e. The second-order valence-corrected chi connectivity index (χ2v) is 5.33. The molecule has 0 radical (unpaired) electrons. The molecule has 0 fully saturated rings. The lowest BCUT2D eigenvalue weighted by Gasteiger charge is -2.26. The van der Waals surface area contributed by atoms with Crippen LogP contribution < -0.4 is 0 Å². The maximum atomic E-state index is 10.8. The molecule has 94 valence electrons. The van der Waals surface area contributed by atoms with Crippen molar-refractivity contribution in [1.82, 2.24) is 0 Å². The van der Waals surface area contributed by atoms with Crippen LogP contribution in [0.5, 0.6) is 0 Å². The minimum absolute atomic E-state index is 0.676. The number of aliphatic hydroxyl groups is 1. The highest BCUT2D eigenvalue weighted by Gasteiger charge is 2.26. The first-order valence-corrected chi connectivity index (χ1v) is 6.35. The Bertz CT molecular complexity index is 556. The fourth-order valence-electron chi connectivity index (χ4n) is 2.29. The van der Waals surface area contributed by atoms with Gasteiger partial charge >= 0.3 is 0 Å². The summed E-state index contributed by atoms with van der Waals surface area (Å²) in [6, 6.07) is 13.4. The second-order valence-electron chi connectivity index (χ2n) is 4.90. The van der Waals surface area contributed by atoms with Crippen molar-refractivity contribution < 1.29 is 5.11 Å². The van der Waals surface area contributed by atoms with Crippen molar-refractivity contribution in [2.24, 2.45) is 0 Å². The fourth-order valence-corrected chi connectivity index (χ4v) is 2.42. The third kappa shape index (κ3) is 2.43. The van der Waals surface area contributed by atoms with E-state index in [1.54, 1.807) is 12.1 Å². The molecule has 0 amide bonds. The van der Waals surface area contributed by atoms with E-state index in [-0.39, 0.29) is 0 Å². The largest absolute Gasteiger partial charge is 0.381 e. The van der Waals surface area contributed by atoms with E-state index >= 15 is 0 Å². The second kappa shape index (κ2) is 4.75. The number of rotatable bonds is 2. The van der Waals surface area contributed by atoms with Gasteiger partial charge in [0.15, 0.2) is 0 Å². The predicted octanol–water partition coefficient (Wildman–Crippen LogP) is 4.21. The van der Waals surface area contributed by atoms with Crippen LogP contribution in [0.4, 0.5) is 0 Å². The average molecular weight is 261 g/mol. The molecule has 2 aromatic rings. The Morgan fingerprint density at radius 2 is 1.61 bits per heavy atom. The van der Waals surface area contributed by atoms with Gasteiger partial charge in [0.1, 0.15) is 5.60 Å². The van der Waals surface area contributed by atoms with E-state index in [1.807, 2.05) is 45.0 Å². The summed E-state index contributed by atoms with van der Waals surface area (Å²) >= 11 is 5.88. The minimum atomic E-state index is -0.998. The van der Waals surface area contributed by atoms with Gasteiger partial charge in [0.2, 0.25) is 0 Å². The molecule has 1 unspecified atom stereocenters. The molecule has 0 aliphatic heterocycles. The topological polar surface area (TPSA) is 20.2 Å². The number of aryl methyl sites for hydroxylation is 2. The predicted molar refractivity (Wildman–Crippen MR) is 76.0 cm³/mol. The molecular weight excluding hydrogens is 244 g/mol. The molecule has 0 bridgehead atoms. The maximum Gasteiger partial charge on any atom is 0.112 e. The molecule has 0 saturated heterocycles. The third-order valence-electron chi connectivity index (χ3n) is 3.31. The van der Waals surface area contributed by atoms with E-state index in [1.165, 1.54) is 5.56 Å². The molecule has 0 aromatic heterocycles. The standard InChI is InChI=1S/C16H17ClO/c1-11-4-9-15(12(2)10-11)16(3,18)13-5-7-14(17)8-6-13/h4-10,18H,1-3H3. The molecule has 0 saturated carbocycles. The summed E-state index contributed by atoms with van der Waals surface area (Å²) in [4.78, 5) is 0. The molecule has 18 heavy (non-hydrogen) atoms. The first-order valence-electron chi connectivity index (χ1n) is 5.97. The Hall–Kier alpha value is -1.31. The van der Waals surface area contributed by atoms with Gasteiger partial charge in [0, 0.05) is 5.02 Å². The van der Waals surface area contributed by atoms with Gasteiger partial charge in [-0.3, -0.25) is 0 Å². The Labute approximate surface area is 113 Å². The first kappa shape index (κ1) is 13.1. The molecule has 0 aliphatic carbocycles. The average Bonchev–Trinajstić information content (AvgIpc) is 2.29. The van der Waals surface area contributed by atoms with Crippen LogP contribution in [0.2, 0.25) is 5.02 Å². The quantitative estimate of drug-likeness (QED) is 0.858. The van der Waals surface area contributed by atoms with Crippen LogP contribution in [0.25, 0.3) is 0 Å². The van der Waals surface area contributed by atoms with Gasteiger partial charge in [0.05, 0.1) is 0 Å². The molecule has 1 N–H and O–H groups in total. The lowest BCUT2D eigenvalue weighted by molar-refractivity contribution is 0.102. The molecule has 0 aliphatic rings. The summed E-state index contributed by atoms with van der Waals surface area (Å²) in [5.74, 6) is 0. The first-order chi connectivity index (χ1) is 8.41. The lowest BCUT2D eigenvalue weighted by atomic mass is 9.85. The Morgan fingerprint density at radius 1 is 1.00 bits per heavy atom. The Morgan fingerprint density at radius 3 is 2.17 bits per heavy atom. The molecule has 2 aromatic carbocycles. The van der Waals surface area contributed by atoms with Crippen LogP contribution in [-0.2, 0) is 5.60 Å². The number of halogens is 1. The molecule has 0 heterocycles. The zero-order valence-corrected chi connectivity index (χ0v) is 11.6. The van der Waals surface area contributed by atoms with Crippen molar-refractivity contribution in [3.05, 3.63) is 69.7 Å². The monoisotopic (exact) mass is 260 g/mol. The van der Waals surface area contributed by atoms with Crippen LogP contribution in [-0.4, -0.2) is 5.11 Å². The van der Waals surface area contributed by atoms with E-state index < -0.39 is 5.60 Å². The van der Waals surface area contributed by atoms with Crippen molar-refractivity contribution in [3.63, 3.8) is 0 Å². The van der Waals surface area contributed by atoms with E-state index in [0.717, 1.165) is 16.7 Å². The van der Waals surface area contributed by atoms with Crippen molar-refractivity contribution in [2.45, 2.75) is 26.4 Å². The van der Waals surface area contributed by atoms with E-state index in [4.69, 9.17) is 11.6 Å². The van der Waals surface area contributed by atoms with E-state index in [9.17, 15) is 5.11 Å². The molecule has 0 spiro atoms. The lowest BCUT2D eigenvalue weighted by Crippen LogP contribution is -2.23. The SMILES string of the molecule is Cc1ccc(C(C)(O)c2ccc(Cl)cc2)c(C)c1. The maximum absolute atomic E-state index is 10.8. The highest BCUT2D eigenvalue weighted by molar-refractivity contribution is 6.30.